The number of hydrogen-bond donors (Lipinski definition) is 0. The summed E-state index contributed by atoms with van der Waals surface area (Å²) in [6.07, 6.45) is 12.7. The molecule has 0 spiro atoms. The van der Waals surface area contributed by atoms with Crippen LogP contribution in [0, 0.1) is 35.0 Å². The van der Waals surface area contributed by atoms with E-state index in [-0.39, 0.29) is 0 Å². The summed E-state index contributed by atoms with van der Waals surface area (Å²) in [6, 6.07) is 2.32. The average Bonchev–Trinajstić information content (AvgIpc) is 2.47. The summed E-state index contributed by atoms with van der Waals surface area (Å²) in [5, 5.41) is 8.73. The van der Waals surface area contributed by atoms with Gasteiger partial charge in [0, 0.05) is 19.6 Å². The van der Waals surface area contributed by atoms with Crippen molar-refractivity contribution in [3.8, 4) is 6.07 Å². The van der Waals surface area contributed by atoms with Crippen molar-refractivity contribution in [1.82, 2.24) is 0 Å². The lowest BCUT2D eigenvalue weighted by molar-refractivity contribution is 0.0656. The summed E-state index contributed by atoms with van der Waals surface area (Å²) in [6.45, 7) is 4.33. The van der Waals surface area contributed by atoms with Crippen LogP contribution >= 0.6 is 0 Å². The molecule has 0 amide bonds. The van der Waals surface area contributed by atoms with Crippen LogP contribution in [0.3, 0.4) is 0 Å². The van der Waals surface area contributed by atoms with Crippen molar-refractivity contribution in [2.24, 2.45) is 23.7 Å². The van der Waals surface area contributed by atoms with Crippen molar-refractivity contribution in [1.29, 1.82) is 5.26 Å². The van der Waals surface area contributed by atoms with Crippen molar-refractivity contribution >= 4 is 0 Å². The Morgan fingerprint density at radius 2 is 1.50 bits per heavy atom. The first kappa shape index (κ1) is 15.8. The van der Waals surface area contributed by atoms with Gasteiger partial charge in [-0.05, 0) is 55.8 Å². The van der Waals surface area contributed by atoms with E-state index in [0.717, 1.165) is 37.4 Å². The molecular formula is C18H31NO. The quantitative estimate of drug-likeness (QED) is 0.644. The van der Waals surface area contributed by atoms with Crippen LogP contribution in [-0.2, 0) is 4.74 Å². The Morgan fingerprint density at radius 3 is 2.15 bits per heavy atom. The van der Waals surface area contributed by atoms with Crippen LogP contribution in [0.1, 0.15) is 71.1 Å². The van der Waals surface area contributed by atoms with Crippen molar-refractivity contribution in [3.63, 3.8) is 0 Å². The molecule has 2 rings (SSSR count). The van der Waals surface area contributed by atoms with Crippen LogP contribution < -0.4 is 0 Å². The van der Waals surface area contributed by atoms with Crippen LogP contribution in [0.15, 0.2) is 0 Å². The first-order valence-corrected chi connectivity index (χ1v) is 8.72. The molecule has 2 fully saturated rings. The van der Waals surface area contributed by atoms with Crippen LogP contribution in [0.2, 0.25) is 0 Å². The zero-order valence-electron chi connectivity index (χ0n) is 13.2. The average molecular weight is 277 g/mol. The van der Waals surface area contributed by atoms with E-state index in [1.54, 1.807) is 0 Å². The molecule has 2 aliphatic rings. The van der Waals surface area contributed by atoms with Crippen LogP contribution in [0.25, 0.3) is 0 Å². The largest absolute Gasteiger partial charge is 0.381 e. The van der Waals surface area contributed by atoms with Gasteiger partial charge in [-0.1, -0.05) is 32.6 Å². The maximum Gasteiger partial charge on any atom is 0.0624 e. The molecule has 0 aromatic rings. The smallest absolute Gasteiger partial charge is 0.0624 e. The molecule has 2 heteroatoms. The van der Waals surface area contributed by atoms with Gasteiger partial charge in [0.1, 0.15) is 0 Å². The van der Waals surface area contributed by atoms with Gasteiger partial charge in [0.05, 0.1) is 6.07 Å². The highest BCUT2D eigenvalue weighted by atomic mass is 16.5. The fraction of sp³-hybridized carbons (Fsp3) is 0.944. The SMILES string of the molecule is CC1CCC(COCCC2CCC(CC#N)CC2)CC1. The highest BCUT2D eigenvalue weighted by Crippen LogP contribution is 2.32. The molecule has 0 radical (unpaired) electrons. The van der Waals surface area contributed by atoms with Gasteiger partial charge in [-0.2, -0.15) is 5.26 Å². The Hall–Kier alpha value is -0.550. The summed E-state index contributed by atoms with van der Waals surface area (Å²) in [5.41, 5.74) is 0. The molecule has 0 saturated heterocycles. The fourth-order valence-corrected chi connectivity index (χ4v) is 3.85. The van der Waals surface area contributed by atoms with Crippen molar-refractivity contribution in [3.05, 3.63) is 0 Å². The van der Waals surface area contributed by atoms with E-state index < -0.39 is 0 Å². The van der Waals surface area contributed by atoms with E-state index in [4.69, 9.17) is 10.00 Å². The molecule has 114 valence electrons. The van der Waals surface area contributed by atoms with E-state index in [1.807, 2.05) is 0 Å². The lowest BCUT2D eigenvalue weighted by Gasteiger charge is -2.28. The summed E-state index contributed by atoms with van der Waals surface area (Å²) in [7, 11) is 0. The first-order valence-electron chi connectivity index (χ1n) is 8.72. The zero-order chi connectivity index (χ0) is 14.2. The van der Waals surface area contributed by atoms with Gasteiger partial charge in [-0.3, -0.25) is 0 Å². The Morgan fingerprint density at radius 1 is 0.900 bits per heavy atom. The van der Waals surface area contributed by atoms with Gasteiger partial charge < -0.3 is 4.74 Å². The molecule has 0 N–H and O–H groups in total. The van der Waals surface area contributed by atoms with Crippen molar-refractivity contribution in [2.45, 2.75) is 71.1 Å². The van der Waals surface area contributed by atoms with E-state index in [2.05, 4.69) is 13.0 Å². The second-order valence-electron chi connectivity index (χ2n) is 7.24. The summed E-state index contributed by atoms with van der Waals surface area (Å²) in [5.74, 6) is 3.31. The molecule has 0 bridgehead atoms. The number of hydrogen-bond acceptors (Lipinski definition) is 2. The van der Waals surface area contributed by atoms with Crippen LogP contribution in [0.5, 0.6) is 0 Å². The van der Waals surface area contributed by atoms with E-state index >= 15 is 0 Å². The lowest BCUT2D eigenvalue weighted by Crippen LogP contribution is -2.19. The lowest BCUT2D eigenvalue weighted by atomic mass is 9.79. The predicted molar refractivity (Wildman–Crippen MR) is 82.2 cm³/mol. The predicted octanol–water partition coefficient (Wildman–Crippen LogP) is 4.94. The minimum atomic E-state index is 0.682. The van der Waals surface area contributed by atoms with Gasteiger partial charge in [-0.25, -0.2) is 0 Å². The van der Waals surface area contributed by atoms with Gasteiger partial charge in [0.25, 0.3) is 0 Å². The molecular weight excluding hydrogens is 246 g/mol. The second kappa shape index (κ2) is 8.67. The second-order valence-corrected chi connectivity index (χ2v) is 7.24. The molecule has 2 nitrogen and oxygen atoms in total. The highest BCUT2D eigenvalue weighted by Gasteiger charge is 2.21. The van der Waals surface area contributed by atoms with Crippen LogP contribution in [-0.4, -0.2) is 13.2 Å². The number of rotatable bonds is 6. The normalized spacial score (nSPS) is 34.6. The maximum atomic E-state index is 8.73. The Bertz CT molecular complexity index is 293. The molecule has 20 heavy (non-hydrogen) atoms. The first-order chi connectivity index (χ1) is 9.78. The molecule has 0 aliphatic heterocycles. The van der Waals surface area contributed by atoms with Gasteiger partial charge >= 0.3 is 0 Å². The third-order valence-corrected chi connectivity index (χ3v) is 5.51. The monoisotopic (exact) mass is 277 g/mol. The molecule has 0 heterocycles. The minimum Gasteiger partial charge on any atom is -0.381 e. The Kier molecular flexibility index (Phi) is 6.87. The maximum absolute atomic E-state index is 8.73. The van der Waals surface area contributed by atoms with Crippen molar-refractivity contribution in [2.75, 3.05) is 13.2 Å². The minimum absolute atomic E-state index is 0.682. The summed E-state index contributed by atoms with van der Waals surface area (Å²) < 4.78 is 5.93. The Balaban J connectivity index is 1.49. The van der Waals surface area contributed by atoms with Crippen molar-refractivity contribution < 1.29 is 4.74 Å². The fourth-order valence-electron chi connectivity index (χ4n) is 3.85. The molecule has 2 aliphatic carbocycles. The summed E-state index contributed by atoms with van der Waals surface area (Å²) >= 11 is 0. The molecule has 0 aromatic heterocycles. The highest BCUT2D eigenvalue weighted by molar-refractivity contribution is 4.80. The topological polar surface area (TPSA) is 33.0 Å². The Labute approximate surface area is 124 Å². The number of nitriles is 1. The molecule has 0 atom stereocenters. The summed E-state index contributed by atoms with van der Waals surface area (Å²) in [4.78, 5) is 0. The van der Waals surface area contributed by atoms with Gasteiger partial charge in [-0.15, -0.1) is 0 Å². The number of nitrogens with zero attached hydrogens (tertiary/aromatic N) is 1. The van der Waals surface area contributed by atoms with Crippen LogP contribution in [0.4, 0.5) is 0 Å². The zero-order valence-corrected chi connectivity index (χ0v) is 13.2. The van der Waals surface area contributed by atoms with Gasteiger partial charge in [0.2, 0.25) is 0 Å². The molecule has 2 saturated carbocycles. The number of ether oxygens (including phenoxy) is 1. The van der Waals surface area contributed by atoms with Gasteiger partial charge in [0.15, 0.2) is 0 Å². The third-order valence-electron chi connectivity index (χ3n) is 5.51. The van der Waals surface area contributed by atoms with E-state index in [0.29, 0.717) is 5.92 Å². The molecule has 0 unspecified atom stereocenters. The standard InChI is InChI=1S/C18H31NO/c1-15-2-4-18(5-3-15)14-20-13-11-17-8-6-16(7-9-17)10-12-19/h15-18H,2-11,13-14H2,1H3. The van der Waals surface area contributed by atoms with E-state index in [9.17, 15) is 0 Å². The third kappa shape index (κ3) is 5.44. The molecule has 0 aromatic carbocycles. The van der Waals surface area contributed by atoms with E-state index in [1.165, 1.54) is 57.8 Å².